The topological polar surface area (TPSA) is 9.23 Å². The molecule has 0 amide bonds. The SMILES string of the molecule is C=CCOCC1CCC(CCC2CCC(C)CC2)CC1. The number of hydrogen-bond donors (Lipinski definition) is 0. The molecule has 2 aliphatic carbocycles. The molecule has 1 nitrogen and oxygen atoms in total. The lowest BCUT2D eigenvalue weighted by atomic mass is 9.76. The molecule has 0 aromatic rings. The molecule has 0 heterocycles. The predicted octanol–water partition coefficient (Wildman–Crippen LogP) is 5.60. The summed E-state index contributed by atoms with van der Waals surface area (Å²) in [6.45, 7) is 7.81. The largest absolute Gasteiger partial charge is 0.377 e. The zero-order chi connectivity index (χ0) is 14.2. The van der Waals surface area contributed by atoms with Crippen LogP contribution in [0.3, 0.4) is 0 Å². The van der Waals surface area contributed by atoms with Gasteiger partial charge in [-0.1, -0.05) is 64.4 Å². The van der Waals surface area contributed by atoms with Crippen molar-refractivity contribution < 1.29 is 4.74 Å². The van der Waals surface area contributed by atoms with E-state index in [0.29, 0.717) is 0 Å². The third-order valence-corrected chi connectivity index (χ3v) is 5.67. The quantitative estimate of drug-likeness (QED) is 0.435. The lowest BCUT2D eigenvalue weighted by Gasteiger charge is -2.31. The van der Waals surface area contributed by atoms with Crippen LogP contribution in [0.1, 0.15) is 71.1 Å². The Bertz CT molecular complexity index is 257. The van der Waals surface area contributed by atoms with Gasteiger partial charge in [-0.2, -0.15) is 0 Å². The minimum atomic E-state index is 0.722. The summed E-state index contributed by atoms with van der Waals surface area (Å²) in [5.74, 6) is 3.89. The molecule has 0 spiro atoms. The molecule has 0 saturated heterocycles. The van der Waals surface area contributed by atoms with Gasteiger partial charge in [0, 0.05) is 6.61 Å². The number of rotatable bonds is 7. The summed E-state index contributed by atoms with van der Waals surface area (Å²) >= 11 is 0. The third-order valence-electron chi connectivity index (χ3n) is 5.67. The van der Waals surface area contributed by atoms with E-state index in [4.69, 9.17) is 4.74 Å². The normalized spacial score (nSPS) is 34.9. The molecule has 0 atom stereocenters. The molecular weight excluding hydrogens is 244 g/mol. The maximum absolute atomic E-state index is 5.60. The van der Waals surface area contributed by atoms with Crippen LogP contribution in [0, 0.1) is 23.7 Å². The van der Waals surface area contributed by atoms with Gasteiger partial charge in [0.2, 0.25) is 0 Å². The second-order valence-corrected chi connectivity index (χ2v) is 7.42. The van der Waals surface area contributed by atoms with E-state index < -0.39 is 0 Å². The third kappa shape index (κ3) is 5.60. The van der Waals surface area contributed by atoms with Gasteiger partial charge in [-0.25, -0.2) is 0 Å². The highest BCUT2D eigenvalue weighted by molar-refractivity contribution is 4.76. The van der Waals surface area contributed by atoms with Gasteiger partial charge in [-0.15, -0.1) is 6.58 Å². The van der Waals surface area contributed by atoms with Crippen molar-refractivity contribution >= 4 is 0 Å². The summed E-state index contributed by atoms with van der Waals surface area (Å²) in [7, 11) is 0. The molecule has 2 saturated carbocycles. The zero-order valence-electron chi connectivity index (χ0n) is 13.5. The van der Waals surface area contributed by atoms with E-state index in [2.05, 4.69) is 13.5 Å². The standard InChI is InChI=1S/C19H34O/c1-3-14-20-15-19-12-10-18(11-13-19)9-8-17-6-4-16(2)5-7-17/h3,16-19H,1,4-15H2,2H3. The summed E-state index contributed by atoms with van der Waals surface area (Å²) in [4.78, 5) is 0. The molecule has 2 rings (SSSR count). The highest BCUT2D eigenvalue weighted by atomic mass is 16.5. The Hall–Kier alpha value is -0.300. The van der Waals surface area contributed by atoms with Crippen LogP contribution in [0.25, 0.3) is 0 Å². The summed E-state index contributed by atoms with van der Waals surface area (Å²) < 4.78 is 5.60. The second-order valence-electron chi connectivity index (χ2n) is 7.42. The molecule has 1 heteroatoms. The molecule has 0 radical (unpaired) electrons. The van der Waals surface area contributed by atoms with Gasteiger partial charge < -0.3 is 4.74 Å². The van der Waals surface area contributed by atoms with Crippen molar-refractivity contribution in [1.82, 2.24) is 0 Å². The Morgan fingerprint density at radius 3 is 1.90 bits per heavy atom. The van der Waals surface area contributed by atoms with Crippen LogP contribution in [0.2, 0.25) is 0 Å². The van der Waals surface area contributed by atoms with Crippen LogP contribution in [0.15, 0.2) is 12.7 Å². The van der Waals surface area contributed by atoms with Crippen LogP contribution in [0.4, 0.5) is 0 Å². The average Bonchev–Trinajstić information content (AvgIpc) is 2.48. The van der Waals surface area contributed by atoms with Crippen molar-refractivity contribution in [3.63, 3.8) is 0 Å². The van der Waals surface area contributed by atoms with E-state index in [1.807, 2.05) is 6.08 Å². The van der Waals surface area contributed by atoms with Crippen LogP contribution in [-0.4, -0.2) is 13.2 Å². The first-order chi connectivity index (χ1) is 9.78. The van der Waals surface area contributed by atoms with Gasteiger partial charge in [0.1, 0.15) is 0 Å². The van der Waals surface area contributed by atoms with Gasteiger partial charge in [-0.05, 0) is 36.5 Å². The van der Waals surface area contributed by atoms with Crippen molar-refractivity contribution in [2.24, 2.45) is 23.7 Å². The fourth-order valence-electron chi connectivity index (χ4n) is 4.09. The first-order valence-electron chi connectivity index (χ1n) is 8.96. The van der Waals surface area contributed by atoms with Gasteiger partial charge in [0.05, 0.1) is 6.61 Å². The minimum absolute atomic E-state index is 0.722. The maximum atomic E-state index is 5.60. The van der Waals surface area contributed by atoms with Crippen LogP contribution in [-0.2, 0) is 4.74 Å². The van der Waals surface area contributed by atoms with E-state index in [1.165, 1.54) is 64.2 Å². The van der Waals surface area contributed by atoms with Crippen LogP contribution in [0.5, 0.6) is 0 Å². The molecule has 20 heavy (non-hydrogen) atoms. The molecule has 0 unspecified atom stereocenters. The second kappa shape index (κ2) is 8.87. The first kappa shape index (κ1) is 16.1. The highest BCUT2D eigenvalue weighted by Crippen LogP contribution is 2.36. The Kier molecular flexibility index (Phi) is 7.13. The number of ether oxygens (including phenoxy) is 1. The summed E-state index contributed by atoms with van der Waals surface area (Å²) in [6, 6.07) is 0. The van der Waals surface area contributed by atoms with Crippen molar-refractivity contribution in [3.8, 4) is 0 Å². The van der Waals surface area contributed by atoms with Crippen molar-refractivity contribution in [1.29, 1.82) is 0 Å². The lowest BCUT2D eigenvalue weighted by Crippen LogP contribution is -2.20. The van der Waals surface area contributed by atoms with Crippen molar-refractivity contribution in [2.75, 3.05) is 13.2 Å². The summed E-state index contributed by atoms with van der Waals surface area (Å²) in [6.07, 6.45) is 16.5. The molecule has 0 bridgehead atoms. The molecule has 0 N–H and O–H groups in total. The van der Waals surface area contributed by atoms with Crippen LogP contribution < -0.4 is 0 Å². The van der Waals surface area contributed by atoms with E-state index >= 15 is 0 Å². The summed E-state index contributed by atoms with van der Waals surface area (Å²) in [5.41, 5.74) is 0. The van der Waals surface area contributed by atoms with Gasteiger partial charge in [-0.3, -0.25) is 0 Å². The monoisotopic (exact) mass is 278 g/mol. The first-order valence-corrected chi connectivity index (χ1v) is 8.96. The molecule has 116 valence electrons. The molecule has 0 aliphatic heterocycles. The Morgan fingerprint density at radius 2 is 1.35 bits per heavy atom. The Balaban J connectivity index is 1.54. The van der Waals surface area contributed by atoms with Crippen molar-refractivity contribution in [2.45, 2.75) is 71.1 Å². The average molecular weight is 278 g/mol. The Labute approximate surface area is 126 Å². The van der Waals surface area contributed by atoms with Gasteiger partial charge in [0.15, 0.2) is 0 Å². The fraction of sp³-hybridized carbons (Fsp3) is 0.895. The Morgan fingerprint density at radius 1 is 0.850 bits per heavy atom. The van der Waals surface area contributed by atoms with E-state index in [-0.39, 0.29) is 0 Å². The van der Waals surface area contributed by atoms with Crippen LogP contribution >= 0.6 is 0 Å². The van der Waals surface area contributed by atoms with E-state index in [1.54, 1.807) is 0 Å². The van der Waals surface area contributed by atoms with Gasteiger partial charge in [0.25, 0.3) is 0 Å². The summed E-state index contributed by atoms with van der Waals surface area (Å²) in [5, 5.41) is 0. The van der Waals surface area contributed by atoms with E-state index in [9.17, 15) is 0 Å². The van der Waals surface area contributed by atoms with Crippen molar-refractivity contribution in [3.05, 3.63) is 12.7 Å². The smallest absolute Gasteiger partial charge is 0.0644 e. The minimum Gasteiger partial charge on any atom is -0.377 e. The molecule has 2 fully saturated rings. The molecule has 0 aromatic heterocycles. The predicted molar refractivity (Wildman–Crippen MR) is 86.8 cm³/mol. The fourth-order valence-corrected chi connectivity index (χ4v) is 4.09. The molecule has 2 aliphatic rings. The lowest BCUT2D eigenvalue weighted by molar-refractivity contribution is 0.0937. The molecule has 0 aromatic carbocycles. The number of hydrogen-bond acceptors (Lipinski definition) is 1. The maximum Gasteiger partial charge on any atom is 0.0644 e. The van der Waals surface area contributed by atoms with Gasteiger partial charge >= 0.3 is 0 Å². The molecular formula is C19H34O. The zero-order valence-corrected chi connectivity index (χ0v) is 13.5. The highest BCUT2D eigenvalue weighted by Gasteiger charge is 2.23. The van der Waals surface area contributed by atoms with E-state index in [0.717, 1.165) is 36.9 Å².